The van der Waals surface area contributed by atoms with Crippen molar-refractivity contribution in [1.29, 1.82) is 0 Å². The molecule has 4 heterocycles. The van der Waals surface area contributed by atoms with Gasteiger partial charge in [0.2, 0.25) is 0 Å². The van der Waals surface area contributed by atoms with E-state index in [9.17, 15) is 4.91 Å². The maximum absolute atomic E-state index is 11.1. The topological polar surface area (TPSA) is 72.6 Å². The highest BCUT2D eigenvalue weighted by Crippen LogP contribution is 2.35. The Kier molecular flexibility index (Phi) is 8.58. The third kappa shape index (κ3) is 5.94. The molecule has 3 aromatic rings. The quantitative estimate of drug-likeness (QED) is 0.246. The minimum atomic E-state index is 0.198. The Morgan fingerprint density at radius 3 is 2.88 bits per heavy atom. The Hall–Kier alpha value is -3.68. The van der Waals surface area contributed by atoms with Crippen molar-refractivity contribution in [3.63, 3.8) is 0 Å². The van der Waals surface area contributed by atoms with Crippen molar-refractivity contribution >= 4 is 11.3 Å². The molecule has 1 aromatic carbocycles. The predicted octanol–water partition coefficient (Wildman–Crippen LogP) is 7.09. The van der Waals surface area contributed by atoms with Crippen molar-refractivity contribution in [2.75, 3.05) is 26.3 Å². The van der Waals surface area contributed by atoms with Crippen LogP contribution < -0.4 is 0 Å². The van der Waals surface area contributed by atoms with Gasteiger partial charge in [0.15, 0.2) is 5.82 Å². The van der Waals surface area contributed by atoms with Crippen LogP contribution in [0.4, 0.5) is 0 Å². The van der Waals surface area contributed by atoms with Gasteiger partial charge in [-0.05, 0) is 103 Å². The first-order chi connectivity index (χ1) is 20.5. The largest absolute Gasteiger partial charge is 0.381 e. The molecule has 42 heavy (non-hydrogen) atoms. The molecule has 2 aliphatic heterocycles. The molecule has 0 N–H and O–H groups in total. The van der Waals surface area contributed by atoms with Gasteiger partial charge in [-0.25, -0.2) is 9.67 Å². The predicted molar refractivity (Wildman–Crippen MR) is 168 cm³/mol. The summed E-state index contributed by atoms with van der Waals surface area (Å²) < 4.78 is 7.40. The molecular formula is C35H41N5O2. The zero-order valence-electron chi connectivity index (χ0n) is 24.9. The molecule has 1 fully saturated rings. The molecule has 0 radical (unpaired) electrons. The van der Waals surface area contributed by atoms with Gasteiger partial charge >= 0.3 is 0 Å². The minimum absolute atomic E-state index is 0.198. The van der Waals surface area contributed by atoms with Gasteiger partial charge in [0, 0.05) is 31.8 Å². The van der Waals surface area contributed by atoms with Gasteiger partial charge in [0.05, 0.1) is 24.2 Å². The van der Waals surface area contributed by atoms with Gasteiger partial charge < -0.3 is 4.74 Å². The molecule has 2 aromatic heterocycles. The highest BCUT2D eigenvalue weighted by atomic mass is 16.5. The number of nitroso groups, excluding NO2 is 1. The summed E-state index contributed by atoms with van der Waals surface area (Å²) in [5.74, 6) is 1.43. The Labute approximate surface area is 249 Å². The summed E-state index contributed by atoms with van der Waals surface area (Å²) in [6, 6.07) is 13.3. The molecule has 0 unspecified atom stereocenters. The van der Waals surface area contributed by atoms with E-state index >= 15 is 0 Å². The van der Waals surface area contributed by atoms with Crippen LogP contribution in [0.5, 0.6) is 0 Å². The third-order valence-corrected chi connectivity index (χ3v) is 9.13. The van der Waals surface area contributed by atoms with E-state index in [1.165, 1.54) is 39.8 Å². The summed E-state index contributed by atoms with van der Waals surface area (Å²) in [5.41, 5.74) is 11.2. The van der Waals surface area contributed by atoms with Gasteiger partial charge in [0.25, 0.3) is 0 Å². The highest BCUT2D eigenvalue weighted by Gasteiger charge is 2.23. The van der Waals surface area contributed by atoms with E-state index in [1.54, 1.807) is 6.20 Å². The van der Waals surface area contributed by atoms with E-state index in [2.05, 4.69) is 59.0 Å². The highest BCUT2D eigenvalue weighted by molar-refractivity contribution is 5.79. The number of aromatic nitrogens is 3. The summed E-state index contributed by atoms with van der Waals surface area (Å²) in [4.78, 5) is 18.8. The van der Waals surface area contributed by atoms with Crippen molar-refractivity contribution in [3.05, 3.63) is 105 Å². The Balaban J connectivity index is 1.17. The molecule has 7 nitrogen and oxygen atoms in total. The molecule has 218 valence electrons. The van der Waals surface area contributed by atoms with Crippen LogP contribution in [0.3, 0.4) is 0 Å². The zero-order chi connectivity index (χ0) is 29.1. The van der Waals surface area contributed by atoms with Crippen LogP contribution in [-0.2, 0) is 30.5 Å². The van der Waals surface area contributed by atoms with Crippen molar-refractivity contribution in [2.45, 2.75) is 65.3 Å². The van der Waals surface area contributed by atoms with Gasteiger partial charge in [-0.3, -0.25) is 4.90 Å². The number of hydrogen-bond donors (Lipinski definition) is 0. The van der Waals surface area contributed by atoms with E-state index in [-0.39, 0.29) is 5.70 Å². The lowest BCUT2D eigenvalue weighted by Gasteiger charge is -2.30. The number of pyridine rings is 1. The van der Waals surface area contributed by atoms with Crippen LogP contribution >= 0.6 is 0 Å². The van der Waals surface area contributed by atoms with Gasteiger partial charge in [-0.1, -0.05) is 49.4 Å². The normalized spacial score (nSPS) is 19.1. The average Bonchev–Trinajstić information content (AvgIpc) is 3.70. The van der Waals surface area contributed by atoms with Crippen LogP contribution in [0.15, 0.2) is 71.6 Å². The Morgan fingerprint density at radius 2 is 2.07 bits per heavy atom. The van der Waals surface area contributed by atoms with Crippen LogP contribution in [0.25, 0.3) is 17.1 Å². The number of allylic oxidation sites excluding steroid dienone is 4. The SMILES string of the molecule is C=C(N=O)c1cnn(-c2cccc(C3=CCCC(C)=C3CCc3ccc4c(c3)CCN(C[C@@H]3CCOC3)C4)n2)c1CC. The molecule has 3 aliphatic rings. The molecule has 7 heteroatoms. The fourth-order valence-electron chi connectivity index (χ4n) is 6.78. The monoisotopic (exact) mass is 563 g/mol. The van der Waals surface area contributed by atoms with E-state index < -0.39 is 0 Å². The molecule has 0 bridgehead atoms. The number of ether oxygens (including phenoxy) is 1. The summed E-state index contributed by atoms with van der Waals surface area (Å²) in [7, 11) is 0. The fraction of sp³-hybridized carbons (Fsp3) is 0.429. The number of fused-ring (bicyclic) bond motifs is 1. The van der Waals surface area contributed by atoms with Crippen LogP contribution in [0.1, 0.15) is 73.2 Å². The van der Waals surface area contributed by atoms with Crippen molar-refractivity contribution < 1.29 is 4.74 Å². The molecule has 1 saturated heterocycles. The maximum Gasteiger partial charge on any atom is 0.154 e. The second-order valence-corrected chi connectivity index (χ2v) is 11.9. The molecule has 0 spiro atoms. The lowest BCUT2D eigenvalue weighted by atomic mass is 9.85. The minimum Gasteiger partial charge on any atom is -0.381 e. The number of benzene rings is 1. The van der Waals surface area contributed by atoms with E-state index in [0.717, 1.165) is 82.2 Å². The second kappa shape index (κ2) is 12.7. The second-order valence-electron chi connectivity index (χ2n) is 11.9. The first kappa shape index (κ1) is 28.4. The molecule has 0 saturated carbocycles. The third-order valence-electron chi connectivity index (χ3n) is 9.13. The van der Waals surface area contributed by atoms with E-state index in [4.69, 9.17) is 9.72 Å². The average molecular weight is 564 g/mol. The van der Waals surface area contributed by atoms with Crippen LogP contribution in [0.2, 0.25) is 0 Å². The van der Waals surface area contributed by atoms with Gasteiger partial charge in [-0.15, -0.1) is 4.91 Å². The molecule has 1 atom stereocenters. The van der Waals surface area contributed by atoms with Gasteiger partial charge in [0.1, 0.15) is 5.70 Å². The number of aryl methyl sites for hydroxylation is 1. The van der Waals surface area contributed by atoms with Crippen LogP contribution in [0, 0.1) is 10.8 Å². The number of rotatable bonds is 10. The number of nitrogens with zero attached hydrogens (tertiary/aromatic N) is 5. The lowest BCUT2D eigenvalue weighted by molar-refractivity contribution is 0.162. The zero-order valence-corrected chi connectivity index (χ0v) is 24.9. The van der Waals surface area contributed by atoms with Crippen molar-refractivity contribution in [3.8, 4) is 5.82 Å². The fourth-order valence-corrected chi connectivity index (χ4v) is 6.78. The summed E-state index contributed by atoms with van der Waals surface area (Å²) in [6.07, 6.45) is 11.2. The maximum atomic E-state index is 11.1. The first-order valence-corrected chi connectivity index (χ1v) is 15.4. The Morgan fingerprint density at radius 1 is 1.17 bits per heavy atom. The van der Waals surface area contributed by atoms with Crippen LogP contribution in [-0.4, -0.2) is 46.0 Å². The Bertz CT molecular complexity index is 1540. The van der Waals surface area contributed by atoms with E-state index in [1.807, 2.05) is 23.7 Å². The molecule has 1 aliphatic carbocycles. The van der Waals surface area contributed by atoms with Crippen molar-refractivity contribution in [2.24, 2.45) is 11.1 Å². The van der Waals surface area contributed by atoms with Gasteiger partial charge in [-0.2, -0.15) is 5.10 Å². The number of hydrogen-bond acceptors (Lipinski definition) is 6. The standard InChI is InChI=1S/C35H41N5O2/c1-4-34-32(25(3)38-41)20-36-40(34)35-10-6-9-33(37-35)31-8-5-7-24(2)30(31)14-12-26-11-13-29-22-39(17-15-28(29)19-26)21-27-16-18-42-23-27/h6,8-11,13,19-20,27H,3-5,7,12,14-18,21-23H2,1-2H3/t27-/m0/s1. The van der Waals surface area contributed by atoms with Crippen molar-refractivity contribution in [1.82, 2.24) is 19.7 Å². The summed E-state index contributed by atoms with van der Waals surface area (Å²) in [6.45, 7) is 13.3. The lowest BCUT2D eigenvalue weighted by Crippen LogP contribution is -2.34. The first-order valence-electron chi connectivity index (χ1n) is 15.4. The summed E-state index contributed by atoms with van der Waals surface area (Å²) in [5, 5.41) is 7.58. The molecule has 0 amide bonds. The molecular weight excluding hydrogens is 522 g/mol. The smallest absolute Gasteiger partial charge is 0.154 e. The van der Waals surface area contributed by atoms with E-state index in [0.29, 0.717) is 17.9 Å². The molecule has 6 rings (SSSR count). The summed E-state index contributed by atoms with van der Waals surface area (Å²) >= 11 is 0.